The molecule has 9 nitrogen and oxygen atoms in total. The van der Waals surface area contributed by atoms with E-state index in [2.05, 4.69) is 10.00 Å². The minimum absolute atomic E-state index is 0.245. The van der Waals surface area contributed by atoms with E-state index in [4.69, 9.17) is 0 Å². The average molecular weight is 437 g/mol. The van der Waals surface area contributed by atoms with E-state index in [0.717, 1.165) is 0 Å². The molecule has 0 radical (unpaired) electrons. The average Bonchev–Trinajstić information content (AvgIpc) is 3.24. The molecule has 162 valence electrons. The molecule has 2 aliphatic heterocycles. The van der Waals surface area contributed by atoms with Gasteiger partial charge in [0.25, 0.3) is 16.1 Å². The van der Waals surface area contributed by atoms with Gasteiger partial charge < -0.3 is 9.80 Å². The third-order valence-corrected chi connectivity index (χ3v) is 7.56. The summed E-state index contributed by atoms with van der Waals surface area (Å²) in [6.07, 6.45) is 1.61. The van der Waals surface area contributed by atoms with E-state index in [1.54, 1.807) is 29.3 Å². The number of likely N-dealkylation sites (N-methyl/N-ethyl adjacent to an activating group) is 1. The van der Waals surface area contributed by atoms with Crippen LogP contribution in [0.25, 0.3) is 5.69 Å². The Morgan fingerprint density at radius 1 is 0.967 bits per heavy atom. The van der Waals surface area contributed by atoms with Crippen LogP contribution < -0.4 is 0 Å². The van der Waals surface area contributed by atoms with Crippen LogP contribution in [-0.2, 0) is 10.2 Å². The van der Waals surface area contributed by atoms with E-state index in [0.29, 0.717) is 45.0 Å². The number of hydrogen-bond acceptors (Lipinski definition) is 5. The Kier molecular flexibility index (Phi) is 5.87. The maximum Gasteiger partial charge on any atom is 0.282 e. The summed E-state index contributed by atoms with van der Waals surface area (Å²) >= 11 is 0. The third kappa shape index (κ3) is 4.24. The summed E-state index contributed by atoms with van der Waals surface area (Å²) in [7, 11) is -1.54. The van der Waals surface area contributed by atoms with Crippen LogP contribution >= 0.6 is 0 Å². The zero-order valence-electron chi connectivity index (χ0n) is 16.8. The molecule has 0 bridgehead atoms. The van der Waals surface area contributed by atoms with Crippen LogP contribution in [0.4, 0.5) is 4.39 Å². The first-order valence-electron chi connectivity index (χ1n) is 9.89. The lowest BCUT2D eigenvalue weighted by Gasteiger charge is -2.38. The second-order valence-electron chi connectivity index (χ2n) is 7.53. The lowest BCUT2D eigenvalue weighted by atomic mass is 10.3. The van der Waals surface area contributed by atoms with Gasteiger partial charge >= 0.3 is 0 Å². The number of benzene rings is 1. The summed E-state index contributed by atoms with van der Waals surface area (Å²) in [4.78, 5) is 16.5. The van der Waals surface area contributed by atoms with Crippen molar-refractivity contribution in [1.82, 2.24) is 28.2 Å². The van der Waals surface area contributed by atoms with Gasteiger partial charge in [0.15, 0.2) is 5.69 Å². The highest BCUT2D eigenvalue weighted by molar-refractivity contribution is 7.86. The number of hydrogen-bond donors (Lipinski definition) is 0. The van der Waals surface area contributed by atoms with Gasteiger partial charge in [-0.15, -0.1) is 0 Å². The number of amides is 1. The summed E-state index contributed by atoms with van der Waals surface area (Å²) in [6.45, 7) is 3.51. The van der Waals surface area contributed by atoms with Crippen molar-refractivity contribution in [3.63, 3.8) is 0 Å². The van der Waals surface area contributed by atoms with Crippen molar-refractivity contribution in [2.24, 2.45) is 0 Å². The number of piperazine rings is 2. The molecule has 0 saturated carbocycles. The Bertz CT molecular complexity index is 1010. The Balaban J connectivity index is 1.38. The monoisotopic (exact) mass is 436 g/mol. The van der Waals surface area contributed by atoms with E-state index in [9.17, 15) is 17.6 Å². The topological polar surface area (TPSA) is 82.0 Å². The van der Waals surface area contributed by atoms with E-state index >= 15 is 0 Å². The van der Waals surface area contributed by atoms with Crippen LogP contribution in [0.2, 0.25) is 0 Å². The molecule has 0 unspecified atom stereocenters. The summed E-state index contributed by atoms with van der Waals surface area (Å²) in [6, 6.07) is 7.54. The number of carbonyl (C=O) groups is 1. The molecule has 0 spiro atoms. The highest BCUT2D eigenvalue weighted by atomic mass is 32.2. The highest BCUT2D eigenvalue weighted by Gasteiger charge is 2.35. The molecule has 3 heterocycles. The molecule has 0 N–H and O–H groups in total. The molecular weight excluding hydrogens is 411 g/mol. The van der Waals surface area contributed by atoms with Crippen LogP contribution in [0, 0.1) is 5.82 Å². The summed E-state index contributed by atoms with van der Waals surface area (Å²) < 4.78 is 43.6. The standard InChI is InChI=1S/C19H25FN6O3S/c1-22-7-11-24(12-8-22)30(28,29)25-13-9-23(10-14-25)19(27)18-5-6-26(21-18)17-4-2-3-16(20)15-17/h2-6,15H,7-14H2,1H3. The molecule has 0 atom stereocenters. The van der Waals surface area contributed by atoms with Crippen molar-refractivity contribution in [3.05, 3.63) is 48.0 Å². The number of carbonyl (C=O) groups excluding carboxylic acids is 1. The molecule has 11 heteroatoms. The Hall–Kier alpha value is -2.34. The molecule has 2 saturated heterocycles. The third-order valence-electron chi connectivity index (χ3n) is 5.52. The predicted octanol–water partition coefficient (Wildman–Crippen LogP) is 0.261. The van der Waals surface area contributed by atoms with Crippen LogP contribution in [0.1, 0.15) is 10.5 Å². The van der Waals surface area contributed by atoms with Crippen LogP contribution in [0.15, 0.2) is 36.5 Å². The molecular formula is C19H25FN6O3S. The normalized spacial score (nSPS) is 19.9. The maximum atomic E-state index is 13.4. The van der Waals surface area contributed by atoms with Crippen molar-refractivity contribution in [3.8, 4) is 5.69 Å². The molecule has 30 heavy (non-hydrogen) atoms. The van der Waals surface area contributed by atoms with Crippen LogP contribution in [0.3, 0.4) is 0 Å². The smallest absolute Gasteiger partial charge is 0.282 e. The van der Waals surface area contributed by atoms with Gasteiger partial charge in [0.1, 0.15) is 5.82 Å². The second-order valence-corrected chi connectivity index (χ2v) is 9.46. The molecule has 1 amide bonds. The fourth-order valence-corrected chi connectivity index (χ4v) is 5.24. The van der Waals surface area contributed by atoms with Crippen molar-refractivity contribution in [2.75, 3.05) is 59.4 Å². The molecule has 4 rings (SSSR count). The van der Waals surface area contributed by atoms with Crippen LogP contribution in [0.5, 0.6) is 0 Å². The van der Waals surface area contributed by atoms with Gasteiger partial charge in [0, 0.05) is 58.6 Å². The molecule has 0 aliphatic carbocycles. The molecule has 1 aromatic carbocycles. The van der Waals surface area contributed by atoms with E-state index in [1.807, 2.05) is 7.05 Å². The van der Waals surface area contributed by atoms with Gasteiger partial charge in [-0.25, -0.2) is 9.07 Å². The zero-order valence-corrected chi connectivity index (χ0v) is 17.6. The van der Waals surface area contributed by atoms with Crippen LogP contribution in [-0.4, -0.2) is 102 Å². The minimum atomic E-state index is -3.51. The fraction of sp³-hybridized carbons (Fsp3) is 0.474. The van der Waals surface area contributed by atoms with Gasteiger partial charge in [-0.2, -0.15) is 22.1 Å². The summed E-state index contributed by atoms with van der Waals surface area (Å²) in [5.41, 5.74) is 0.770. The van der Waals surface area contributed by atoms with Crippen molar-refractivity contribution in [2.45, 2.75) is 0 Å². The van der Waals surface area contributed by atoms with Crippen molar-refractivity contribution in [1.29, 1.82) is 0 Å². The van der Waals surface area contributed by atoms with E-state index < -0.39 is 10.2 Å². The Labute approximate surface area is 175 Å². The van der Waals surface area contributed by atoms with Gasteiger partial charge in [-0.3, -0.25) is 4.79 Å². The van der Waals surface area contributed by atoms with Gasteiger partial charge in [-0.05, 0) is 31.3 Å². The van der Waals surface area contributed by atoms with E-state index in [1.165, 1.54) is 25.4 Å². The lowest BCUT2D eigenvalue weighted by molar-refractivity contribution is 0.0686. The Morgan fingerprint density at radius 3 is 2.23 bits per heavy atom. The first kappa shape index (κ1) is 20.9. The molecule has 1 aromatic heterocycles. The number of aromatic nitrogens is 2. The molecule has 2 fully saturated rings. The summed E-state index contributed by atoms with van der Waals surface area (Å²) in [5.74, 6) is -0.643. The van der Waals surface area contributed by atoms with Crippen molar-refractivity contribution >= 4 is 16.1 Å². The first-order valence-corrected chi connectivity index (χ1v) is 11.3. The molecule has 2 aromatic rings. The highest BCUT2D eigenvalue weighted by Crippen LogP contribution is 2.16. The first-order chi connectivity index (χ1) is 14.3. The maximum absolute atomic E-state index is 13.4. The Morgan fingerprint density at radius 2 is 1.60 bits per heavy atom. The van der Waals surface area contributed by atoms with Gasteiger partial charge in [0.2, 0.25) is 0 Å². The number of halogens is 1. The largest absolute Gasteiger partial charge is 0.335 e. The lowest BCUT2D eigenvalue weighted by Crippen LogP contribution is -2.57. The molecule has 2 aliphatic rings. The van der Waals surface area contributed by atoms with Crippen molar-refractivity contribution < 1.29 is 17.6 Å². The number of nitrogens with zero attached hydrogens (tertiary/aromatic N) is 6. The van der Waals surface area contributed by atoms with E-state index in [-0.39, 0.29) is 30.5 Å². The predicted molar refractivity (Wildman–Crippen MR) is 109 cm³/mol. The van der Waals surface area contributed by atoms with Gasteiger partial charge in [-0.1, -0.05) is 6.07 Å². The quantitative estimate of drug-likeness (QED) is 0.687. The summed E-state index contributed by atoms with van der Waals surface area (Å²) in [5, 5.41) is 4.26. The SMILES string of the molecule is CN1CCN(S(=O)(=O)N2CCN(C(=O)c3ccn(-c4cccc(F)c4)n3)CC2)CC1. The fourth-order valence-electron chi connectivity index (χ4n) is 3.67. The second kappa shape index (κ2) is 8.42. The number of rotatable bonds is 4. The minimum Gasteiger partial charge on any atom is -0.335 e. The zero-order chi connectivity index (χ0) is 21.3. The van der Waals surface area contributed by atoms with Gasteiger partial charge in [0.05, 0.1) is 5.69 Å².